The Kier molecular flexibility index (Phi) is 5.37. The molecule has 0 aliphatic carbocycles. The van der Waals surface area contributed by atoms with Crippen molar-refractivity contribution < 1.29 is 23.5 Å². The lowest BCUT2D eigenvalue weighted by Gasteiger charge is -2.07. The smallest absolute Gasteiger partial charge is 0.269 e. The second-order valence-corrected chi connectivity index (χ2v) is 6.29. The van der Waals surface area contributed by atoms with Crippen LogP contribution in [0.2, 0.25) is 0 Å². The summed E-state index contributed by atoms with van der Waals surface area (Å²) >= 11 is 0. The molecule has 1 aliphatic heterocycles. The molecule has 29 heavy (non-hydrogen) atoms. The third-order valence-electron chi connectivity index (χ3n) is 4.23. The average Bonchev–Trinajstić information content (AvgIpc) is 3.41. The maximum absolute atomic E-state index is 12.1. The van der Waals surface area contributed by atoms with Gasteiger partial charge in [-0.15, -0.1) is 10.2 Å². The summed E-state index contributed by atoms with van der Waals surface area (Å²) in [5.41, 5.74) is 5.96. The second-order valence-electron chi connectivity index (χ2n) is 6.29. The van der Waals surface area contributed by atoms with E-state index in [2.05, 4.69) is 21.0 Å². The van der Waals surface area contributed by atoms with Crippen LogP contribution in [0.3, 0.4) is 0 Å². The molecular formula is C20H18N4O5. The summed E-state index contributed by atoms with van der Waals surface area (Å²) in [4.78, 5) is 24.1. The number of fused-ring (bicyclic) bond motifs is 1. The standard InChI is InChI=1S/C20H18N4O5/c25-17(21-23-19(26)14-9-10-15-16(11-14)28-12-27-15)7-4-8-18-22-24-20(29-18)13-5-2-1-3-6-13/h1-3,5-6,9-11H,4,7-8,12H2,(H,21,25)(H,23,26). The molecule has 148 valence electrons. The Morgan fingerprint density at radius 2 is 1.79 bits per heavy atom. The summed E-state index contributed by atoms with van der Waals surface area (Å²) in [7, 11) is 0. The van der Waals surface area contributed by atoms with E-state index in [0.29, 0.717) is 41.7 Å². The Morgan fingerprint density at radius 3 is 2.66 bits per heavy atom. The number of aromatic nitrogens is 2. The van der Waals surface area contributed by atoms with Crippen LogP contribution in [-0.2, 0) is 11.2 Å². The molecule has 0 radical (unpaired) electrons. The summed E-state index contributed by atoms with van der Waals surface area (Å²) in [6.07, 6.45) is 1.16. The number of nitrogens with zero attached hydrogens (tertiary/aromatic N) is 2. The first-order chi connectivity index (χ1) is 14.2. The van der Waals surface area contributed by atoms with E-state index in [1.165, 1.54) is 0 Å². The Morgan fingerprint density at radius 1 is 0.966 bits per heavy atom. The fraction of sp³-hybridized carbons (Fsp3) is 0.200. The monoisotopic (exact) mass is 394 g/mol. The third kappa shape index (κ3) is 4.52. The molecule has 1 aliphatic rings. The molecule has 2 N–H and O–H groups in total. The first-order valence-electron chi connectivity index (χ1n) is 9.06. The van der Waals surface area contributed by atoms with Crippen LogP contribution in [0.15, 0.2) is 52.9 Å². The van der Waals surface area contributed by atoms with Gasteiger partial charge in [0, 0.05) is 24.0 Å². The highest BCUT2D eigenvalue weighted by Crippen LogP contribution is 2.32. The van der Waals surface area contributed by atoms with Crippen molar-refractivity contribution in [2.75, 3.05) is 6.79 Å². The van der Waals surface area contributed by atoms with E-state index < -0.39 is 5.91 Å². The molecule has 2 amide bonds. The minimum absolute atomic E-state index is 0.129. The highest BCUT2D eigenvalue weighted by Gasteiger charge is 2.16. The van der Waals surface area contributed by atoms with Gasteiger partial charge in [0.25, 0.3) is 5.91 Å². The molecule has 0 atom stereocenters. The van der Waals surface area contributed by atoms with E-state index in [0.717, 1.165) is 5.56 Å². The maximum atomic E-state index is 12.1. The number of hydrazine groups is 1. The van der Waals surface area contributed by atoms with Crippen LogP contribution in [0.5, 0.6) is 11.5 Å². The van der Waals surface area contributed by atoms with E-state index in [1.54, 1.807) is 18.2 Å². The van der Waals surface area contributed by atoms with Crippen LogP contribution in [0.1, 0.15) is 29.1 Å². The van der Waals surface area contributed by atoms with Crippen molar-refractivity contribution >= 4 is 11.8 Å². The van der Waals surface area contributed by atoms with Crippen LogP contribution in [0, 0.1) is 0 Å². The van der Waals surface area contributed by atoms with E-state index >= 15 is 0 Å². The molecule has 9 nitrogen and oxygen atoms in total. The molecule has 0 saturated heterocycles. The van der Waals surface area contributed by atoms with E-state index in [4.69, 9.17) is 13.9 Å². The first-order valence-corrected chi connectivity index (χ1v) is 9.06. The highest BCUT2D eigenvalue weighted by molar-refractivity contribution is 5.96. The van der Waals surface area contributed by atoms with Gasteiger partial charge < -0.3 is 13.9 Å². The molecule has 2 heterocycles. The average molecular weight is 394 g/mol. The van der Waals surface area contributed by atoms with Crippen LogP contribution in [-0.4, -0.2) is 28.8 Å². The van der Waals surface area contributed by atoms with Crippen LogP contribution < -0.4 is 20.3 Å². The largest absolute Gasteiger partial charge is 0.454 e. The SMILES string of the molecule is O=C(CCCc1nnc(-c2ccccc2)o1)NNC(=O)c1ccc2c(c1)OCO2. The van der Waals surface area contributed by atoms with E-state index in [-0.39, 0.29) is 19.1 Å². The zero-order valence-corrected chi connectivity index (χ0v) is 15.4. The number of carbonyl (C=O) groups excluding carboxylic acids is 2. The van der Waals surface area contributed by atoms with Gasteiger partial charge in [-0.1, -0.05) is 18.2 Å². The maximum Gasteiger partial charge on any atom is 0.269 e. The van der Waals surface area contributed by atoms with Crippen molar-refractivity contribution in [2.24, 2.45) is 0 Å². The molecule has 0 saturated carbocycles. The first kappa shape index (κ1) is 18.5. The molecule has 2 aromatic carbocycles. The molecule has 0 fully saturated rings. The summed E-state index contributed by atoms with van der Waals surface area (Å²) in [6.45, 7) is 0.129. The van der Waals surface area contributed by atoms with Gasteiger partial charge in [0.05, 0.1) is 0 Å². The normalized spacial score (nSPS) is 11.9. The van der Waals surface area contributed by atoms with Crippen molar-refractivity contribution in [3.63, 3.8) is 0 Å². The predicted molar refractivity (Wildman–Crippen MR) is 101 cm³/mol. The number of amides is 2. The quantitative estimate of drug-likeness (QED) is 0.616. The van der Waals surface area contributed by atoms with Gasteiger partial charge >= 0.3 is 0 Å². The number of hydrogen-bond acceptors (Lipinski definition) is 7. The summed E-state index contributed by atoms with van der Waals surface area (Å²) in [5.74, 6) is 1.23. The summed E-state index contributed by atoms with van der Waals surface area (Å²) in [5, 5.41) is 8.00. The molecule has 0 spiro atoms. The minimum atomic E-state index is -0.443. The fourth-order valence-corrected chi connectivity index (χ4v) is 2.75. The van der Waals surface area contributed by atoms with Crippen molar-refractivity contribution in [1.82, 2.24) is 21.0 Å². The summed E-state index contributed by atoms with van der Waals surface area (Å²) < 4.78 is 16.0. The van der Waals surface area contributed by atoms with Crippen molar-refractivity contribution in [1.29, 1.82) is 0 Å². The van der Waals surface area contributed by atoms with Crippen molar-refractivity contribution in [3.8, 4) is 23.0 Å². The van der Waals surface area contributed by atoms with Crippen molar-refractivity contribution in [3.05, 3.63) is 60.0 Å². The van der Waals surface area contributed by atoms with Crippen LogP contribution in [0.4, 0.5) is 0 Å². The lowest BCUT2D eigenvalue weighted by molar-refractivity contribution is -0.121. The van der Waals surface area contributed by atoms with Gasteiger partial charge in [-0.3, -0.25) is 20.4 Å². The molecule has 3 aromatic rings. The van der Waals surface area contributed by atoms with Gasteiger partial charge in [0.2, 0.25) is 24.5 Å². The third-order valence-corrected chi connectivity index (χ3v) is 4.23. The Bertz CT molecular complexity index is 1020. The predicted octanol–water partition coefficient (Wildman–Crippen LogP) is 2.25. The van der Waals surface area contributed by atoms with Gasteiger partial charge in [0.15, 0.2) is 11.5 Å². The second kappa shape index (κ2) is 8.42. The molecule has 0 unspecified atom stereocenters. The van der Waals surface area contributed by atoms with Crippen LogP contribution >= 0.6 is 0 Å². The van der Waals surface area contributed by atoms with Gasteiger partial charge in [-0.05, 0) is 36.8 Å². The minimum Gasteiger partial charge on any atom is -0.454 e. The molecule has 4 rings (SSSR count). The molecule has 9 heteroatoms. The zero-order valence-electron chi connectivity index (χ0n) is 15.4. The number of carbonyl (C=O) groups is 2. The van der Waals surface area contributed by atoms with E-state index in [9.17, 15) is 9.59 Å². The summed E-state index contributed by atoms with van der Waals surface area (Å²) in [6, 6.07) is 14.3. The number of aryl methyl sites for hydroxylation is 1. The molecule has 1 aromatic heterocycles. The molecule has 0 bridgehead atoms. The molecular weight excluding hydrogens is 376 g/mol. The lowest BCUT2D eigenvalue weighted by atomic mass is 10.2. The highest BCUT2D eigenvalue weighted by atomic mass is 16.7. The van der Waals surface area contributed by atoms with Crippen LogP contribution in [0.25, 0.3) is 11.5 Å². The Hall–Kier alpha value is -3.88. The number of nitrogens with one attached hydrogen (secondary N) is 2. The van der Waals surface area contributed by atoms with Gasteiger partial charge in [-0.2, -0.15) is 0 Å². The zero-order chi connectivity index (χ0) is 20.1. The number of benzene rings is 2. The van der Waals surface area contributed by atoms with E-state index in [1.807, 2.05) is 30.3 Å². The fourth-order valence-electron chi connectivity index (χ4n) is 2.75. The Balaban J connectivity index is 1.20. The van der Waals surface area contributed by atoms with Gasteiger partial charge in [-0.25, -0.2) is 0 Å². The van der Waals surface area contributed by atoms with Crippen molar-refractivity contribution in [2.45, 2.75) is 19.3 Å². The Labute approximate surface area is 166 Å². The number of hydrogen-bond donors (Lipinski definition) is 2. The lowest BCUT2D eigenvalue weighted by Crippen LogP contribution is -2.41. The van der Waals surface area contributed by atoms with Gasteiger partial charge in [0.1, 0.15) is 0 Å². The number of ether oxygens (including phenoxy) is 2. The number of rotatable bonds is 6. The topological polar surface area (TPSA) is 116 Å².